The van der Waals surface area contributed by atoms with E-state index in [9.17, 15) is 0 Å². The monoisotopic (exact) mass is 586 g/mol. The molecule has 0 fully saturated rings. The molecule has 2 heterocycles. The lowest BCUT2D eigenvalue weighted by Crippen LogP contribution is -1.84. The van der Waals surface area contributed by atoms with Gasteiger partial charge in [-0.15, -0.1) is 0 Å². The second-order valence-electron chi connectivity index (χ2n) is 12.0. The number of hydrogen-bond donors (Lipinski definition) is 2. The molecule has 10 aromatic rings. The molecule has 4 nitrogen and oxygen atoms in total. The summed E-state index contributed by atoms with van der Waals surface area (Å²) in [4.78, 5) is 17.2. The Kier molecular flexibility index (Phi) is 5.25. The van der Waals surface area contributed by atoms with Crippen molar-refractivity contribution in [2.45, 2.75) is 0 Å². The number of aromatic nitrogens is 4. The largest absolute Gasteiger partial charge is 0.338 e. The van der Waals surface area contributed by atoms with E-state index in [-0.39, 0.29) is 0 Å². The van der Waals surface area contributed by atoms with Crippen molar-refractivity contribution in [1.29, 1.82) is 0 Å². The van der Waals surface area contributed by atoms with E-state index in [0.717, 1.165) is 56.0 Å². The summed E-state index contributed by atoms with van der Waals surface area (Å²) in [6.07, 6.45) is 0. The first-order valence-corrected chi connectivity index (χ1v) is 15.6. The van der Waals surface area contributed by atoms with Crippen LogP contribution in [0, 0.1) is 0 Å². The Morgan fingerprint density at radius 2 is 0.696 bits per heavy atom. The zero-order valence-electron chi connectivity index (χ0n) is 24.8. The maximum Gasteiger partial charge on any atom is 0.138 e. The summed E-state index contributed by atoms with van der Waals surface area (Å²) in [7, 11) is 0. The van der Waals surface area contributed by atoms with E-state index in [0.29, 0.717) is 0 Å². The topological polar surface area (TPSA) is 57.4 Å². The van der Waals surface area contributed by atoms with Crippen LogP contribution in [0.5, 0.6) is 0 Å². The highest BCUT2D eigenvalue weighted by atomic mass is 14.9. The van der Waals surface area contributed by atoms with E-state index in [2.05, 4.69) is 156 Å². The number of fused-ring (bicyclic) bond motifs is 10. The highest BCUT2D eigenvalue weighted by Gasteiger charge is 2.13. The molecule has 0 saturated carbocycles. The normalized spacial score (nSPS) is 11.9. The fourth-order valence-corrected chi connectivity index (χ4v) is 7.04. The van der Waals surface area contributed by atoms with Gasteiger partial charge in [0.15, 0.2) is 0 Å². The van der Waals surface area contributed by atoms with E-state index < -0.39 is 0 Å². The van der Waals surface area contributed by atoms with Gasteiger partial charge in [-0.1, -0.05) is 133 Å². The number of nitrogens with zero attached hydrogens (tertiary/aromatic N) is 2. The van der Waals surface area contributed by atoms with E-state index in [1.54, 1.807) is 0 Å². The molecule has 2 N–H and O–H groups in total. The number of benzene rings is 8. The molecule has 10 rings (SSSR count). The Hall–Kier alpha value is -6.26. The molecule has 8 aromatic carbocycles. The Balaban J connectivity index is 0.960. The molecule has 0 aliphatic rings. The average Bonchev–Trinajstić information content (AvgIpc) is 3.77. The van der Waals surface area contributed by atoms with Gasteiger partial charge in [0, 0.05) is 21.9 Å². The standard InChI is InChI=1S/C42H26N4/c1-3-7-31-27(5-1)17-19-35-33(31)21-23-37-39(35)45-41(43-37)29-13-9-25(10-14-29)26-11-15-30(16-12-26)42-44-38-24-22-34-32-8-4-2-6-28(32)18-20-36(34)40(38)46-42/h1-24H,(H,43,45)(H,44,46). The minimum absolute atomic E-state index is 0.878. The molecule has 0 atom stereocenters. The maximum atomic E-state index is 5.05. The van der Waals surface area contributed by atoms with Crippen molar-refractivity contribution < 1.29 is 0 Å². The number of rotatable bonds is 3. The Labute approximate surface area is 264 Å². The molecule has 0 unspecified atom stereocenters. The third kappa shape index (κ3) is 3.80. The predicted molar refractivity (Wildman–Crippen MR) is 192 cm³/mol. The summed E-state index contributed by atoms with van der Waals surface area (Å²) in [6.45, 7) is 0. The fraction of sp³-hybridized carbons (Fsp3) is 0. The molecule has 46 heavy (non-hydrogen) atoms. The van der Waals surface area contributed by atoms with Gasteiger partial charge in [0.05, 0.1) is 22.1 Å². The van der Waals surface area contributed by atoms with Crippen LogP contribution in [0.15, 0.2) is 146 Å². The predicted octanol–water partition coefficient (Wildman–Crippen LogP) is 11.1. The zero-order valence-corrected chi connectivity index (χ0v) is 24.8. The Morgan fingerprint density at radius 3 is 1.15 bits per heavy atom. The summed E-state index contributed by atoms with van der Waals surface area (Å²) < 4.78 is 0. The summed E-state index contributed by atoms with van der Waals surface area (Å²) in [6, 6.07) is 51.7. The van der Waals surface area contributed by atoms with Crippen LogP contribution in [0.4, 0.5) is 0 Å². The molecule has 214 valence electrons. The minimum atomic E-state index is 0.878. The third-order valence-electron chi connectivity index (χ3n) is 9.40. The molecule has 0 spiro atoms. The SMILES string of the molecule is c1ccc2c(c1)ccc1c2ccc2[nH]c(-c3ccc(-c4ccc(-c5nc6c(ccc7c8ccccc8ccc76)[nH]5)cc4)cc3)nc21. The van der Waals surface area contributed by atoms with Crippen LogP contribution in [0.25, 0.3) is 99.1 Å². The highest BCUT2D eigenvalue weighted by molar-refractivity contribution is 6.17. The van der Waals surface area contributed by atoms with Gasteiger partial charge in [-0.2, -0.15) is 0 Å². The smallest absolute Gasteiger partial charge is 0.138 e. The van der Waals surface area contributed by atoms with Gasteiger partial charge in [-0.05, 0) is 55.6 Å². The van der Waals surface area contributed by atoms with Crippen molar-refractivity contribution >= 4 is 65.2 Å². The Morgan fingerprint density at radius 1 is 0.304 bits per heavy atom. The zero-order chi connectivity index (χ0) is 30.2. The van der Waals surface area contributed by atoms with Gasteiger partial charge < -0.3 is 9.97 Å². The highest BCUT2D eigenvalue weighted by Crippen LogP contribution is 2.34. The third-order valence-corrected chi connectivity index (χ3v) is 9.40. The first kappa shape index (κ1) is 25.1. The van der Waals surface area contributed by atoms with Crippen LogP contribution in [0.3, 0.4) is 0 Å². The number of hydrogen-bond acceptors (Lipinski definition) is 2. The first-order valence-electron chi connectivity index (χ1n) is 15.6. The molecule has 2 aromatic heterocycles. The van der Waals surface area contributed by atoms with Crippen LogP contribution in [0.2, 0.25) is 0 Å². The van der Waals surface area contributed by atoms with Crippen LogP contribution in [-0.4, -0.2) is 19.9 Å². The summed E-state index contributed by atoms with van der Waals surface area (Å²) in [5, 5.41) is 9.79. The van der Waals surface area contributed by atoms with Gasteiger partial charge in [0.1, 0.15) is 11.6 Å². The molecular formula is C42H26N4. The number of H-pyrrole nitrogens is 2. The van der Waals surface area contributed by atoms with Crippen molar-refractivity contribution in [2.24, 2.45) is 0 Å². The molecule has 4 heteroatoms. The van der Waals surface area contributed by atoms with Crippen molar-refractivity contribution in [1.82, 2.24) is 19.9 Å². The van der Waals surface area contributed by atoms with Crippen molar-refractivity contribution in [3.05, 3.63) is 146 Å². The van der Waals surface area contributed by atoms with E-state index in [1.807, 2.05) is 0 Å². The summed E-state index contributed by atoms with van der Waals surface area (Å²) in [5.41, 5.74) is 8.54. The van der Waals surface area contributed by atoms with Gasteiger partial charge in [-0.25, -0.2) is 9.97 Å². The van der Waals surface area contributed by atoms with Crippen molar-refractivity contribution in [3.63, 3.8) is 0 Å². The second kappa shape index (κ2) is 9.62. The Bertz CT molecular complexity index is 2590. The average molecular weight is 587 g/mol. The van der Waals surface area contributed by atoms with Gasteiger partial charge in [0.2, 0.25) is 0 Å². The van der Waals surface area contributed by atoms with Gasteiger partial charge in [0.25, 0.3) is 0 Å². The number of imidazole rings is 2. The minimum Gasteiger partial charge on any atom is -0.338 e. The summed E-state index contributed by atoms with van der Waals surface area (Å²) >= 11 is 0. The molecule has 0 aliphatic carbocycles. The molecule has 0 aliphatic heterocycles. The van der Waals surface area contributed by atoms with Crippen LogP contribution >= 0.6 is 0 Å². The van der Waals surface area contributed by atoms with Gasteiger partial charge in [-0.3, -0.25) is 0 Å². The molecule has 0 saturated heterocycles. The van der Waals surface area contributed by atoms with Crippen molar-refractivity contribution in [2.75, 3.05) is 0 Å². The lowest BCUT2D eigenvalue weighted by Gasteiger charge is -2.05. The van der Waals surface area contributed by atoms with Gasteiger partial charge >= 0.3 is 0 Å². The fourth-order valence-electron chi connectivity index (χ4n) is 7.04. The molecule has 0 radical (unpaired) electrons. The van der Waals surface area contributed by atoms with Crippen LogP contribution in [0.1, 0.15) is 0 Å². The quantitative estimate of drug-likeness (QED) is 0.202. The van der Waals surface area contributed by atoms with E-state index >= 15 is 0 Å². The first-order chi connectivity index (χ1) is 22.8. The summed E-state index contributed by atoms with van der Waals surface area (Å²) in [5.74, 6) is 1.76. The van der Waals surface area contributed by atoms with Crippen molar-refractivity contribution in [3.8, 4) is 33.9 Å². The van der Waals surface area contributed by atoms with E-state index in [4.69, 9.17) is 9.97 Å². The second-order valence-corrected chi connectivity index (χ2v) is 12.0. The van der Waals surface area contributed by atoms with Crippen LogP contribution < -0.4 is 0 Å². The molecule has 0 bridgehead atoms. The lowest BCUT2D eigenvalue weighted by atomic mass is 10.0. The van der Waals surface area contributed by atoms with Crippen LogP contribution in [-0.2, 0) is 0 Å². The number of nitrogens with one attached hydrogen (secondary N) is 2. The molecular weight excluding hydrogens is 560 g/mol. The molecule has 0 amide bonds. The maximum absolute atomic E-state index is 5.05. The number of aromatic amines is 2. The lowest BCUT2D eigenvalue weighted by molar-refractivity contribution is 1.33. The van der Waals surface area contributed by atoms with E-state index in [1.165, 1.54) is 43.1 Å².